The molecule has 3 atom stereocenters. The van der Waals surface area contributed by atoms with Gasteiger partial charge in [0.05, 0.1) is 35.0 Å². The van der Waals surface area contributed by atoms with Gasteiger partial charge in [-0.05, 0) is 94.2 Å². The van der Waals surface area contributed by atoms with Crippen LogP contribution in [0.3, 0.4) is 0 Å². The van der Waals surface area contributed by atoms with Gasteiger partial charge in [-0.15, -0.1) is 30.7 Å². The van der Waals surface area contributed by atoms with Gasteiger partial charge in [-0.3, -0.25) is 14.4 Å². The van der Waals surface area contributed by atoms with Crippen molar-refractivity contribution in [2.45, 2.75) is 162 Å². The van der Waals surface area contributed by atoms with Crippen molar-refractivity contribution in [3.63, 3.8) is 0 Å². The Balaban J connectivity index is 1.98. The van der Waals surface area contributed by atoms with E-state index in [-0.39, 0.29) is 35.0 Å². The number of hydrogen-bond donors (Lipinski definition) is 0. The zero-order chi connectivity index (χ0) is 42.9. The quantitative estimate of drug-likeness (QED) is 0.0424. The van der Waals surface area contributed by atoms with Crippen LogP contribution in [-0.4, -0.2) is 51.7 Å². The lowest BCUT2D eigenvalue weighted by molar-refractivity contribution is 0.0979. The summed E-state index contributed by atoms with van der Waals surface area (Å²) in [6.07, 6.45) is 14.1. The number of ether oxygens (including phenoxy) is 3. The molecule has 3 radical (unpaired) electrons. The van der Waals surface area contributed by atoms with E-state index in [0.29, 0.717) is 17.2 Å². The summed E-state index contributed by atoms with van der Waals surface area (Å²) in [6.45, 7) is 12.6. The number of amides is 3. The Morgan fingerprint density at radius 3 is 1.00 bits per heavy atom. The maximum atomic E-state index is 13.6. The van der Waals surface area contributed by atoms with Gasteiger partial charge in [0.15, 0.2) is 0 Å². The Morgan fingerprint density at radius 2 is 0.746 bits per heavy atom. The second kappa shape index (κ2) is 27.0. The fourth-order valence-corrected chi connectivity index (χ4v) is 6.40. The van der Waals surface area contributed by atoms with E-state index in [0.717, 1.165) is 96.3 Å². The highest BCUT2D eigenvalue weighted by molar-refractivity contribution is 6.15. The number of azo groups is 3. The zero-order valence-electron chi connectivity index (χ0n) is 35.9. The number of nitrogens with zero attached hydrogens (tertiary/aromatic N) is 6. The molecule has 0 aromatic heterocycles. The third-order valence-electron chi connectivity index (χ3n) is 9.83. The molecule has 3 aromatic rings. The van der Waals surface area contributed by atoms with Crippen LogP contribution in [0.15, 0.2) is 103 Å². The van der Waals surface area contributed by atoms with E-state index < -0.39 is 23.1 Å². The number of carbonyl (C=O) groups is 3. The highest BCUT2D eigenvalue weighted by atomic mass is 28.1. The molecule has 0 saturated carbocycles. The lowest BCUT2D eigenvalue weighted by Gasteiger charge is -2.19. The second-order valence-corrected chi connectivity index (χ2v) is 15.2. The van der Waals surface area contributed by atoms with Gasteiger partial charge in [-0.25, -0.2) is 0 Å². The van der Waals surface area contributed by atoms with Crippen molar-refractivity contribution >= 4 is 28.0 Å². The second-order valence-electron chi connectivity index (χ2n) is 14.6. The smallest absolute Gasteiger partial charge is 0.298 e. The Morgan fingerprint density at radius 1 is 0.475 bits per heavy atom. The van der Waals surface area contributed by atoms with Crippen LogP contribution in [0, 0.1) is 0 Å². The monoisotopic (exact) mass is 823 g/mol. The van der Waals surface area contributed by atoms with E-state index in [1.54, 1.807) is 72.8 Å². The van der Waals surface area contributed by atoms with E-state index in [1.807, 2.05) is 20.8 Å². The highest BCUT2D eigenvalue weighted by Crippen LogP contribution is 2.28. The molecule has 3 aromatic carbocycles. The van der Waals surface area contributed by atoms with Crippen LogP contribution in [0.4, 0.5) is 0 Å². The van der Waals surface area contributed by atoms with Crippen molar-refractivity contribution in [1.82, 2.24) is 0 Å². The van der Waals surface area contributed by atoms with Crippen molar-refractivity contribution in [3.8, 4) is 17.2 Å². The molecule has 3 rings (SSSR count). The summed E-state index contributed by atoms with van der Waals surface area (Å²) in [5.41, 5.74) is -1.77. The fourth-order valence-electron chi connectivity index (χ4n) is 6.25. The van der Waals surface area contributed by atoms with E-state index in [4.69, 9.17) is 14.2 Å². The first-order valence-corrected chi connectivity index (χ1v) is 22.0. The van der Waals surface area contributed by atoms with Gasteiger partial charge in [-0.2, -0.15) is 0 Å². The molecule has 3 amide bonds. The molecule has 0 aliphatic heterocycles. The minimum Gasteiger partial charge on any atom is -0.490 e. The fraction of sp³-hybridized carbons (Fsp3) is 0.543. The Labute approximate surface area is 354 Å². The Hall–Kier alpha value is -4.91. The number of unbranched alkanes of at least 4 members (excludes halogenated alkanes) is 6. The van der Waals surface area contributed by atoms with Gasteiger partial charge in [0.2, 0.25) is 0 Å². The van der Waals surface area contributed by atoms with E-state index in [2.05, 4.69) is 61.7 Å². The summed E-state index contributed by atoms with van der Waals surface area (Å²) in [5.74, 6) is -1.18. The van der Waals surface area contributed by atoms with E-state index in [1.165, 1.54) is 0 Å². The minimum absolute atomic E-state index is 0.0893. The van der Waals surface area contributed by atoms with Crippen LogP contribution in [0.5, 0.6) is 17.2 Å². The zero-order valence-corrected chi connectivity index (χ0v) is 36.9. The number of hydrogen-bond acceptors (Lipinski definition) is 9. The largest absolute Gasteiger partial charge is 0.490 e. The van der Waals surface area contributed by atoms with Crippen molar-refractivity contribution in [3.05, 3.63) is 89.5 Å². The number of para-hydroxylation sites is 3. The highest BCUT2D eigenvalue weighted by Gasteiger charge is 2.27. The maximum absolute atomic E-state index is 13.6. The Kier molecular flexibility index (Phi) is 22.1. The molecular weight excluding hydrogens is 761 g/mol. The molecule has 13 heteroatoms. The molecule has 0 saturated heterocycles. The summed E-state index contributed by atoms with van der Waals surface area (Å²) in [7, 11) is 3.34. The van der Waals surface area contributed by atoms with Gasteiger partial charge in [0, 0.05) is 0 Å². The van der Waals surface area contributed by atoms with Crippen LogP contribution in [-0.2, 0) is 0 Å². The number of rotatable bonds is 27. The lowest BCUT2D eigenvalue weighted by Crippen LogP contribution is -2.22. The van der Waals surface area contributed by atoms with Gasteiger partial charge in [-0.1, -0.05) is 116 Å². The molecule has 0 fully saturated rings. The maximum Gasteiger partial charge on any atom is 0.298 e. The van der Waals surface area contributed by atoms with Crippen molar-refractivity contribution in [1.29, 1.82) is 0 Å². The summed E-state index contributed by atoms with van der Waals surface area (Å²) < 4.78 is 18.8. The van der Waals surface area contributed by atoms with Crippen molar-refractivity contribution in [2.24, 2.45) is 30.7 Å². The summed E-state index contributed by atoms with van der Waals surface area (Å²) in [5, 5.41) is 24.0. The van der Waals surface area contributed by atoms with Gasteiger partial charge >= 0.3 is 0 Å². The first-order chi connectivity index (χ1) is 28.6. The predicted molar refractivity (Wildman–Crippen MR) is 232 cm³/mol. The van der Waals surface area contributed by atoms with E-state index in [9.17, 15) is 14.4 Å². The third-order valence-corrected chi connectivity index (χ3v) is 10.1. The molecule has 0 aliphatic rings. The normalized spacial score (nSPS) is 14.3. The molecule has 0 heterocycles. The van der Waals surface area contributed by atoms with Crippen LogP contribution in [0.2, 0.25) is 0 Å². The van der Waals surface area contributed by atoms with Crippen LogP contribution in [0.25, 0.3) is 0 Å². The number of benzene rings is 3. The SMILES string of the molecule is CCCCCC(CC)Oc1ccccc1C(=O)N=NC([Si])(N=NC(=O)c1ccccc1OC(CC)CCCCC)N=NC(=O)c1ccccc1OC(CC)CCCCC. The first kappa shape index (κ1) is 48.5. The molecule has 317 valence electrons. The molecule has 59 heavy (non-hydrogen) atoms. The molecule has 0 bridgehead atoms. The summed E-state index contributed by atoms with van der Waals surface area (Å²) in [6, 6.07) is 20.3. The third kappa shape index (κ3) is 16.7. The molecule has 0 N–H and O–H groups in total. The number of carbonyl (C=O) groups excluding carboxylic acids is 3. The van der Waals surface area contributed by atoms with Crippen molar-refractivity contribution in [2.75, 3.05) is 0 Å². The van der Waals surface area contributed by atoms with Crippen LogP contribution < -0.4 is 14.2 Å². The van der Waals surface area contributed by atoms with Crippen molar-refractivity contribution < 1.29 is 28.6 Å². The predicted octanol–water partition coefficient (Wildman–Crippen LogP) is 12.9. The molecule has 12 nitrogen and oxygen atoms in total. The molecular formula is C46H63N6O6Si. The van der Waals surface area contributed by atoms with Gasteiger partial charge < -0.3 is 14.2 Å². The average Bonchev–Trinajstić information content (AvgIpc) is 3.26. The van der Waals surface area contributed by atoms with Crippen LogP contribution >= 0.6 is 0 Å². The molecule has 0 spiro atoms. The minimum atomic E-state index is -2.29. The summed E-state index contributed by atoms with van der Waals surface area (Å²) >= 11 is 0. The topological polar surface area (TPSA) is 153 Å². The van der Waals surface area contributed by atoms with Gasteiger partial charge in [0.25, 0.3) is 23.1 Å². The average molecular weight is 824 g/mol. The van der Waals surface area contributed by atoms with E-state index >= 15 is 0 Å². The lowest BCUT2D eigenvalue weighted by atomic mass is 10.1. The first-order valence-electron chi connectivity index (χ1n) is 21.5. The molecule has 0 aliphatic carbocycles. The Bertz CT molecular complexity index is 1630. The summed E-state index contributed by atoms with van der Waals surface area (Å²) in [4.78, 5) is 40.9. The van der Waals surface area contributed by atoms with Gasteiger partial charge in [0.1, 0.15) is 27.5 Å². The standard InChI is InChI=1S/C46H63N6O6Si/c1-7-13-16-25-34(10-4)56-40-31-22-19-28-37(40)43(53)47-50-46(59,51-48-44(54)38-29-20-23-32-41(38)57-35(11-5)26-17-14-8-2)52-49-45(55)39-30-21-24-33-42(39)58-36(12-6)27-18-15-9-3/h19-24,28-36H,7-18,25-27H2,1-6H3. The van der Waals surface area contributed by atoms with Crippen LogP contribution in [0.1, 0.15) is 169 Å². The molecule has 3 unspecified atom stereocenters.